The van der Waals surface area contributed by atoms with Crippen molar-refractivity contribution in [3.8, 4) is 5.75 Å². The van der Waals surface area contributed by atoms with Gasteiger partial charge in [0, 0.05) is 31.8 Å². The highest BCUT2D eigenvalue weighted by molar-refractivity contribution is 5.95. The van der Waals surface area contributed by atoms with E-state index in [0.29, 0.717) is 24.6 Å². The number of hydrogen-bond acceptors (Lipinski definition) is 6. The minimum atomic E-state index is -0.533. The molecule has 0 aliphatic carbocycles. The minimum absolute atomic E-state index is 0.182. The summed E-state index contributed by atoms with van der Waals surface area (Å²) >= 11 is 0. The number of rotatable bonds is 11. The largest absolute Gasteiger partial charge is 0.489 e. The molecule has 0 saturated carbocycles. The fourth-order valence-corrected chi connectivity index (χ4v) is 3.04. The summed E-state index contributed by atoms with van der Waals surface area (Å²) in [6.45, 7) is 1.28. The maximum atomic E-state index is 13.2. The molecule has 2 N–H and O–H groups in total. The molecule has 0 aliphatic rings. The third-order valence-electron chi connectivity index (χ3n) is 4.75. The van der Waals surface area contributed by atoms with Gasteiger partial charge in [-0.2, -0.15) is 0 Å². The molecule has 0 heterocycles. The van der Waals surface area contributed by atoms with Gasteiger partial charge in [-0.25, -0.2) is 4.39 Å². The lowest BCUT2D eigenvalue weighted by molar-refractivity contribution is -0.384. The van der Waals surface area contributed by atoms with Gasteiger partial charge in [0.05, 0.1) is 11.5 Å². The van der Waals surface area contributed by atoms with Crippen molar-refractivity contribution in [1.82, 2.24) is 5.32 Å². The van der Waals surface area contributed by atoms with Crippen molar-refractivity contribution >= 4 is 17.3 Å². The lowest BCUT2D eigenvalue weighted by atomic mass is 10.1. The second-order valence-corrected chi connectivity index (χ2v) is 7.15. The van der Waals surface area contributed by atoms with Gasteiger partial charge in [-0.1, -0.05) is 24.3 Å². The fraction of sp³-hybridized carbons (Fsp3) is 0.208. The summed E-state index contributed by atoms with van der Waals surface area (Å²) in [7, 11) is 1.54. The molecule has 0 aromatic heterocycles. The summed E-state index contributed by atoms with van der Waals surface area (Å²) in [5.41, 5.74) is 1.88. The van der Waals surface area contributed by atoms with E-state index in [1.54, 1.807) is 36.4 Å². The molecular formula is C24H24FN3O5. The maximum absolute atomic E-state index is 13.2. The lowest BCUT2D eigenvalue weighted by Crippen LogP contribution is -2.23. The number of nitrogens with one attached hydrogen (secondary N) is 2. The van der Waals surface area contributed by atoms with Gasteiger partial charge in [0.1, 0.15) is 23.9 Å². The van der Waals surface area contributed by atoms with Crippen molar-refractivity contribution in [1.29, 1.82) is 0 Å². The van der Waals surface area contributed by atoms with Gasteiger partial charge in [-0.05, 0) is 47.5 Å². The average molecular weight is 453 g/mol. The van der Waals surface area contributed by atoms with E-state index >= 15 is 0 Å². The first-order valence-electron chi connectivity index (χ1n) is 10.2. The fourth-order valence-electron chi connectivity index (χ4n) is 3.04. The summed E-state index contributed by atoms with van der Waals surface area (Å²) in [6.07, 6.45) is 0. The Kier molecular flexibility index (Phi) is 8.31. The number of anilines is 1. The summed E-state index contributed by atoms with van der Waals surface area (Å²) in [5, 5.41) is 17.0. The highest BCUT2D eigenvalue weighted by Gasteiger charge is 2.17. The molecule has 0 fully saturated rings. The average Bonchev–Trinajstić information content (AvgIpc) is 2.82. The van der Waals surface area contributed by atoms with E-state index in [2.05, 4.69) is 10.6 Å². The second-order valence-electron chi connectivity index (χ2n) is 7.15. The normalized spacial score (nSPS) is 10.5. The molecule has 8 nitrogen and oxygen atoms in total. The van der Waals surface area contributed by atoms with Crippen LogP contribution in [0.2, 0.25) is 0 Å². The Bertz CT molecular complexity index is 1110. The van der Waals surface area contributed by atoms with Crippen LogP contribution in [0.1, 0.15) is 21.5 Å². The number of halogens is 1. The van der Waals surface area contributed by atoms with Gasteiger partial charge < -0.3 is 20.1 Å². The minimum Gasteiger partial charge on any atom is -0.489 e. The molecule has 0 atom stereocenters. The number of methoxy groups -OCH3 is 1. The van der Waals surface area contributed by atoms with Crippen molar-refractivity contribution in [2.24, 2.45) is 0 Å². The zero-order valence-corrected chi connectivity index (χ0v) is 18.0. The molecule has 3 aromatic carbocycles. The van der Waals surface area contributed by atoms with E-state index in [9.17, 15) is 19.3 Å². The van der Waals surface area contributed by atoms with Gasteiger partial charge in [0.2, 0.25) is 0 Å². The highest BCUT2D eigenvalue weighted by Crippen LogP contribution is 2.25. The molecule has 0 unspecified atom stereocenters. The standard InChI is InChI=1S/C24H24FN3O5/c1-32-12-11-26-22-10-7-19(14-23(22)28(30)31)24(29)27-15-17-5-8-21(9-6-17)33-16-18-3-2-4-20(25)13-18/h2-10,13-14,26H,11-12,15-16H2,1H3,(H,27,29). The maximum Gasteiger partial charge on any atom is 0.293 e. The zero-order chi connectivity index (χ0) is 23.6. The van der Waals surface area contributed by atoms with Gasteiger partial charge in [-0.3, -0.25) is 14.9 Å². The lowest BCUT2D eigenvalue weighted by Gasteiger charge is -2.10. The van der Waals surface area contributed by atoms with Crippen LogP contribution < -0.4 is 15.4 Å². The molecule has 0 saturated heterocycles. The molecule has 33 heavy (non-hydrogen) atoms. The third kappa shape index (κ3) is 7.01. The van der Waals surface area contributed by atoms with Gasteiger partial charge in [0.25, 0.3) is 11.6 Å². The Labute approximate surface area is 190 Å². The number of carbonyl (C=O) groups is 1. The molecule has 0 spiro atoms. The number of nitro benzene ring substituents is 1. The summed E-state index contributed by atoms with van der Waals surface area (Å²) in [4.78, 5) is 23.3. The number of nitro groups is 1. The van der Waals surface area contributed by atoms with Crippen LogP contribution >= 0.6 is 0 Å². The van der Waals surface area contributed by atoms with E-state index in [1.165, 1.54) is 37.4 Å². The van der Waals surface area contributed by atoms with Crippen molar-refractivity contribution < 1.29 is 23.6 Å². The topological polar surface area (TPSA) is 103 Å². The molecule has 172 valence electrons. The Morgan fingerprint density at radius 3 is 2.55 bits per heavy atom. The van der Waals surface area contributed by atoms with Gasteiger partial charge in [-0.15, -0.1) is 0 Å². The number of ether oxygens (including phenoxy) is 2. The van der Waals surface area contributed by atoms with Crippen LogP contribution in [0.5, 0.6) is 5.75 Å². The summed E-state index contributed by atoms with van der Waals surface area (Å²) < 4.78 is 23.8. The number of amides is 1. The number of hydrogen-bond donors (Lipinski definition) is 2. The van der Waals surface area contributed by atoms with E-state index in [4.69, 9.17) is 9.47 Å². The molecule has 0 radical (unpaired) electrons. The van der Waals surface area contributed by atoms with Crippen LogP contribution in [-0.2, 0) is 17.9 Å². The first-order valence-corrected chi connectivity index (χ1v) is 10.2. The molecule has 0 aliphatic heterocycles. The zero-order valence-electron chi connectivity index (χ0n) is 18.0. The first kappa shape index (κ1) is 23.7. The first-order chi connectivity index (χ1) is 16.0. The monoisotopic (exact) mass is 453 g/mol. The van der Waals surface area contributed by atoms with Crippen LogP contribution in [0.3, 0.4) is 0 Å². The van der Waals surface area contributed by atoms with Crippen LogP contribution in [-0.4, -0.2) is 31.1 Å². The van der Waals surface area contributed by atoms with Crippen LogP contribution in [0.25, 0.3) is 0 Å². The smallest absolute Gasteiger partial charge is 0.293 e. The van der Waals surface area contributed by atoms with Crippen molar-refractivity contribution in [3.63, 3.8) is 0 Å². The molecule has 3 aromatic rings. The Balaban J connectivity index is 1.55. The molecule has 3 rings (SSSR count). The van der Waals surface area contributed by atoms with Gasteiger partial charge in [0.15, 0.2) is 0 Å². The summed E-state index contributed by atoms with van der Waals surface area (Å²) in [6, 6.07) is 17.6. The Morgan fingerprint density at radius 2 is 1.85 bits per heavy atom. The Morgan fingerprint density at radius 1 is 1.06 bits per heavy atom. The highest BCUT2D eigenvalue weighted by atomic mass is 19.1. The number of benzene rings is 3. The molecule has 1 amide bonds. The van der Waals surface area contributed by atoms with Crippen molar-refractivity contribution in [3.05, 3.63) is 99.4 Å². The van der Waals surface area contributed by atoms with Crippen molar-refractivity contribution in [2.45, 2.75) is 13.2 Å². The Hall–Kier alpha value is -3.98. The number of nitrogens with zero attached hydrogens (tertiary/aromatic N) is 1. The van der Waals surface area contributed by atoms with Gasteiger partial charge >= 0.3 is 0 Å². The van der Waals surface area contributed by atoms with E-state index < -0.39 is 10.8 Å². The van der Waals surface area contributed by atoms with Crippen molar-refractivity contribution in [2.75, 3.05) is 25.6 Å². The van der Waals surface area contributed by atoms with Crippen LogP contribution in [0.4, 0.5) is 15.8 Å². The quantitative estimate of drug-likeness (QED) is 0.255. The third-order valence-corrected chi connectivity index (χ3v) is 4.75. The van der Waals surface area contributed by atoms with E-state index in [0.717, 1.165) is 11.1 Å². The molecule has 9 heteroatoms. The van der Waals surface area contributed by atoms with Crippen LogP contribution in [0, 0.1) is 15.9 Å². The van der Waals surface area contributed by atoms with Crippen LogP contribution in [0.15, 0.2) is 66.7 Å². The molecule has 0 bridgehead atoms. The SMILES string of the molecule is COCCNc1ccc(C(=O)NCc2ccc(OCc3cccc(F)c3)cc2)cc1[N+](=O)[O-]. The molecular weight excluding hydrogens is 429 g/mol. The van der Waals surface area contributed by atoms with E-state index in [-0.39, 0.29) is 30.2 Å². The van der Waals surface area contributed by atoms with E-state index in [1.807, 2.05) is 0 Å². The predicted octanol–water partition coefficient (Wildman–Crippen LogP) is 4.30. The number of carbonyl (C=O) groups excluding carboxylic acids is 1. The summed E-state index contributed by atoms with van der Waals surface area (Å²) in [5.74, 6) is -0.126. The second kappa shape index (κ2) is 11.6. The predicted molar refractivity (Wildman–Crippen MR) is 122 cm³/mol.